The van der Waals surface area contributed by atoms with Crippen LogP contribution in [0.15, 0.2) is 0 Å². The number of unbranched alkanes of at least 4 members (excludes halogenated alkanes) is 4. The zero-order valence-corrected chi connectivity index (χ0v) is 12.3. The van der Waals surface area contributed by atoms with Crippen molar-refractivity contribution in [1.82, 2.24) is 5.32 Å². The highest BCUT2D eigenvalue weighted by Crippen LogP contribution is 2.10. The van der Waals surface area contributed by atoms with Crippen LogP contribution in [0.1, 0.15) is 72.1 Å². The van der Waals surface area contributed by atoms with Gasteiger partial charge in [-0.15, -0.1) is 0 Å². The number of rotatable bonds is 13. The predicted octanol–water partition coefficient (Wildman–Crippen LogP) is 4.14. The van der Waals surface area contributed by atoms with Crippen molar-refractivity contribution in [2.45, 2.75) is 78.2 Å². The van der Waals surface area contributed by atoms with Gasteiger partial charge in [0.15, 0.2) is 0 Å². The van der Waals surface area contributed by atoms with Crippen molar-refractivity contribution in [3.63, 3.8) is 0 Å². The van der Waals surface area contributed by atoms with Crippen LogP contribution in [-0.4, -0.2) is 25.8 Å². The van der Waals surface area contributed by atoms with Gasteiger partial charge in [-0.1, -0.05) is 46.0 Å². The molecule has 0 saturated heterocycles. The molecule has 2 heteroatoms. The van der Waals surface area contributed by atoms with E-state index < -0.39 is 0 Å². The van der Waals surface area contributed by atoms with Gasteiger partial charge < -0.3 is 10.1 Å². The first-order valence-corrected chi connectivity index (χ1v) is 7.66. The lowest BCUT2D eigenvalue weighted by Gasteiger charge is -2.17. The summed E-state index contributed by atoms with van der Waals surface area (Å²) in [5, 5.41) is 3.59. The van der Waals surface area contributed by atoms with E-state index in [2.05, 4.69) is 26.1 Å². The van der Waals surface area contributed by atoms with E-state index in [1.165, 1.54) is 51.4 Å². The molecule has 0 bridgehead atoms. The van der Waals surface area contributed by atoms with Crippen LogP contribution in [0.3, 0.4) is 0 Å². The second-order valence-corrected chi connectivity index (χ2v) is 4.80. The Morgan fingerprint density at radius 1 is 0.882 bits per heavy atom. The molecule has 0 saturated carbocycles. The Kier molecular flexibility index (Phi) is 13.9. The average Bonchev–Trinajstić information content (AvgIpc) is 2.34. The summed E-state index contributed by atoms with van der Waals surface area (Å²) >= 11 is 0. The van der Waals surface area contributed by atoms with Crippen molar-refractivity contribution >= 4 is 0 Å². The molecule has 0 aromatic heterocycles. The van der Waals surface area contributed by atoms with E-state index in [0.29, 0.717) is 6.04 Å². The Hall–Kier alpha value is -0.0800. The lowest BCUT2D eigenvalue weighted by atomic mass is 10.0. The summed E-state index contributed by atoms with van der Waals surface area (Å²) < 4.78 is 5.39. The number of ether oxygens (including phenoxy) is 1. The highest BCUT2D eigenvalue weighted by Gasteiger charge is 2.06. The molecular weight excluding hydrogens is 210 g/mol. The fourth-order valence-corrected chi connectivity index (χ4v) is 2.21. The van der Waals surface area contributed by atoms with Gasteiger partial charge in [0.1, 0.15) is 0 Å². The first-order valence-electron chi connectivity index (χ1n) is 7.66. The fraction of sp³-hybridized carbons (Fsp3) is 1.00. The quantitative estimate of drug-likeness (QED) is 0.491. The van der Waals surface area contributed by atoms with Gasteiger partial charge in [-0.2, -0.15) is 0 Å². The van der Waals surface area contributed by atoms with Crippen molar-refractivity contribution in [3.8, 4) is 0 Å². The van der Waals surface area contributed by atoms with Crippen molar-refractivity contribution < 1.29 is 4.74 Å². The Morgan fingerprint density at radius 3 is 2.24 bits per heavy atom. The first-order chi connectivity index (χ1) is 8.35. The van der Waals surface area contributed by atoms with Crippen molar-refractivity contribution in [2.24, 2.45) is 0 Å². The van der Waals surface area contributed by atoms with Crippen LogP contribution in [0.5, 0.6) is 0 Å². The molecule has 0 rings (SSSR count). The van der Waals surface area contributed by atoms with Crippen LogP contribution in [0.2, 0.25) is 0 Å². The molecular formula is C15H33NO. The molecule has 17 heavy (non-hydrogen) atoms. The van der Waals surface area contributed by atoms with Gasteiger partial charge in [-0.05, 0) is 32.7 Å². The van der Waals surface area contributed by atoms with Crippen LogP contribution in [0, 0.1) is 0 Å². The van der Waals surface area contributed by atoms with Gasteiger partial charge in [0.25, 0.3) is 0 Å². The molecule has 2 nitrogen and oxygen atoms in total. The average molecular weight is 243 g/mol. The van der Waals surface area contributed by atoms with E-state index in [-0.39, 0.29) is 0 Å². The molecule has 104 valence electrons. The molecule has 0 radical (unpaired) electrons. The van der Waals surface area contributed by atoms with Crippen LogP contribution in [0.25, 0.3) is 0 Å². The molecule has 1 unspecified atom stereocenters. The topological polar surface area (TPSA) is 21.3 Å². The van der Waals surface area contributed by atoms with E-state index in [9.17, 15) is 0 Å². The van der Waals surface area contributed by atoms with Gasteiger partial charge in [0.2, 0.25) is 0 Å². The maximum atomic E-state index is 5.39. The summed E-state index contributed by atoms with van der Waals surface area (Å²) in [5.41, 5.74) is 0. The SMILES string of the molecule is CCCCCCCC(CCCOCC)NCC. The Morgan fingerprint density at radius 2 is 1.59 bits per heavy atom. The van der Waals surface area contributed by atoms with Gasteiger partial charge >= 0.3 is 0 Å². The predicted molar refractivity (Wildman–Crippen MR) is 76.6 cm³/mol. The summed E-state index contributed by atoms with van der Waals surface area (Å²) in [6.45, 7) is 9.41. The number of hydrogen-bond donors (Lipinski definition) is 1. The van der Waals surface area contributed by atoms with Crippen LogP contribution in [0.4, 0.5) is 0 Å². The second-order valence-electron chi connectivity index (χ2n) is 4.80. The van der Waals surface area contributed by atoms with E-state index >= 15 is 0 Å². The molecule has 1 N–H and O–H groups in total. The zero-order chi connectivity index (χ0) is 12.8. The Labute approximate surface area is 109 Å². The molecule has 0 aromatic rings. The maximum Gasteiger partial charge on any atom is 0.0466 e. The maximum absolute atomic E-state index is 5.39. The largest absolute Gasteiger partial charge is 0.382 e. The van der Waals surface area contributed by atoms with E-state index in [0.717, 1.165) is 19.8 Å². The highest BCUT2D eigenvalue weighted by molar-refractivity contribution is 4.66. The summed E-state index contributed by atoms with van der Waals surface area (Å²) in [7, 11) is 0. The second kappa shape index (κ2) is 14.0. The van der Waals surface area contributed by atoms with Crippen LogP contribution >= 0.6 is 0 Å². The lowest BCUT2D eigenvalue weighted by Crippen LogP contribution is -2.29. The number of nitrogens with one attached hydrogen (secondary N) is 1. The minimum atomic E-state index is 0.710. The van der Waals surface area contributed by atoms with Crippen LogP contribution < -0.4 is 5.32 Å². The third-order valence-corrected chi connectivity index (χ3v) is 3.19. The highest BCUT2D eigenvalue weighted by atomic mass is 16.5. The van der Waals surface area contributed by atoms with E-state index in [4.69, 9.17) is 4.74 Å². The zero-order valence-electron chi connectivity index (χ0n) is 12.3. The third-order valence-electron chi connectivity index (χ3n) is 3.19. The standard InChI is InChI=1S/C15H33NO/c1-4-7-8-9-10-12-15(16-5-2)13-11-14-17-6-3/h15-16H,4-14H2,1-3H3. The molecule has 0 spiro atoms. The minimum absolute atomic E-state index is 0.710. The Balaban J connectivity index is 3.45. The Bertz CT molecular complexity index is 139. The minimum Gasteiger partial charge on any atom is -0.382 e. The van der Waals surface area contributed by atoms with E-state index in [1.54, 1.807) is 0 Å². The normalized spacial score (nSPS) is 12.9. The third kappa shape index (κ3) is 12.2. The van der Waals surface area contributed by atoms with Crippen molar-refractivity contribution in [2.75, 3.05) is 19.8 Å². The first kappa shape index (κ1) is 16.9. The van der Waals surface area contributed by atoms with Crippen molar-refractivity contribution in [1.29, 1.82) is 0 Å². The van der Waals surface area contributed by atoms with E-state index in [1.807, 2.05) is 0 Å². The molecule has 0 heterocycles. The fourth-order valence-electron chi connectivity index (χ4n) is 2.21. The lowest BCUT2D eigenvalue weighted by molar-refractivity contribution is 0.140. The van der Waals surface area contributed by atoms with Gasteiger partial charge in [0.05, 0.1) is 0 Å². The molecule has 0 amide bonds. The summed E-state index contributed by atoms with van der Waals surface area (Å²) in [4.78, 5) is 0. The van der Waals surface area contributed by atoms with Crippen LogP contribution in [-0.2, 0) is 4.74 Å². The van der Waals surface area contributed by atoms with Gasteiger partial charge in [0, 0.05) is 19.3 Å². The smallest absolute Gasteiger partial charge is 0.0466 e. The molecule has 0 aliphatic rings. The van der Waals surface area contributed by atoms with Crippen molar-refractivity contribution in [3.05, 3.63) is 0 Å². The summed E-state index contributed by atoms with van der Waals surface area (Å²) in [5.74, 6) is 0. The van der Waals surface area contributed by atoms with Gasteiger partial charge in [-0.25, -0.2) is 0 Å². The van der Waals surface area contributed by atoms with Gasteiger partial charge in [-0.3, -0.25) is 0 Å². The molecule has 0 aromatic carbocycles. The molecule has 0 aliphatic heterocycles. The summed E-state index contributed by atoms with van der Waals surface area (Å²) in [6.07, 6.45) is 10.7. The monoisotopic (exact) mass is 243 g/mol. The molecule has 1 atom stereocenters. The summed E-state index contributed by atoms with van der Waals surface area (Å²) in [6, 6.07) is 0.710. The molecule has 0 fully saturated rings. The molecule has 0 aliphatic carbocycles. The number of hydrogen-bond acceptors (Lipinski definition) is 2.